The molecule has 0 aromatic carbocycles. The van der Waals surface area contributed by atoms with E-state index in [1.54, 1.807) is 37.2 Å². The molecular formula is C30H24AlN6. The zero-order chi connectivity index (χ0) is 24.7. The van der Waals surface area contributed by atoms with E-state index in [9.17, 15) is 0 Å². The van der Waals surface area contributed by atoms with Crippen LogP contribution in [0.1, 0.15) is 0 Å². The van der Waals surface area contributed by atoms with Crippen LogP contribution in [0.15, 0.2) is 146 Å². The molecule has 3 radical (unpaired) electrons. The first-order valence-electron chi connectivity index (χ1n) is 11.4. The molecule has 6 aromatic heterocycles. The normalized spacial score (nSPS) is 9.41. The van der Waals surface area contributed by atoms with Crippen LogP contribution in [0, 0.1) is 0 Å². The first kappa shape index (κ1) is 27.0. The van der Waals surface area contributed by atoms with Gasteiger partial charge in [-0.05, 0) is 72.8 Å². The SMILES string of the molecule is [Al].c1ccc(-c2ccccn2)nc1.c1ccc(-c2ccccn2)nc1.c1ccc(-c2ccccn2)nc1. The third-order valence-corrected chi connectivity index (χ3v) is 4.78. The average Bonchev–Trinajstić information content (AvgIpc) is 3.01. The molecular weight excluding hydrogens is 471 g/mol. The van der Waals surface area contributed by atoms with Crippen molar-refractivity contribution in [3.63, 3.8) is 0 Å². The number of nitrogens with zero attached hydrogens (tertiary/aromatic N) is 6. The molecule has 6 nitrogen and oxygen atoms in total. The summed E-state index contributed by atoms with van der Waals surface area (Å²) in [6.45, 7) is 0. The highest BCUT2D eigenvalue weighted by Crippen LogP contribution is 2.12. The Kier molecular flexibility index (Phi) is 11.3. The fourth-order valence-electron chi connectivity index (χ4n) is 3.09. The molecule has 0 fully saturated rings. The summed E-state index contributed by atoms with van der Waals surface area (Å²) in [5, 5.41) is 0. The smallest absolute Gasteiger partial charge is 0.0886 e. The van der Waals surface area contributed by atoms with Crippen LogP contribution in [0.4, 0.5) is 0 Å². The van der Waals surface area contributed by atoms with Crippen molar-refractivity contribution in [2.24, 2.45) is 0 Å². The summed E-state index contributed by atoms with van der Waals surface area (Å²) in [5.74, 6) is 0. The molecule has 177 valence electrons. The predicted octanol–water partition coefficient (Wildman–Crippen LogP) is 6.05. The van der Waals surface area contributed by atoms with Crippen LogP contribution in [0.5, 0.6) is 0 Å². The van der Waals surface area contributed by atoms with Gasteiger partial charge in [-0.2, -0.15) is 0 Å². The van der Waals surface area contributed by atoms with Crippen molar-refractivity contribution < 1.29 is 0 Å². The van der Waals surface area contributed by atoms with Gasteiger partial charge >= 0.3 is 0 Å². The minimum atomic E-state index is 0. The summed E-state index contributed by atoms with van der Waals surface area (Å²) in [7, 11) is 0. The van der Waals surface area contributed by atoms with Crippen LogP contribution in [0.25, 0.3) is 34.2 Å². The van der Waals surface area contributed by atoms with Crippen LogP contribution < -0.4 is 0 Å². The molecule has 6 heterocycles. The molecule has 0 aliphatic carbocycles. The zero-order valence-electron chi connectivity index (χ0n) is 20.1. The van der Waals surface area contributed by atoms with Gasteiger partial charge in [0.1, 0.15) is 0 Å². The Morgan fingerprint density at radius 1 is 0.243 bits per heavy atom. The van der Waals surface area contributed by atoms with E-state index in [0.29, 0.717) is 0 Å². The lowest BCUT2D eigenvalue weighted by atomic mass is 10.2. The monoisotopic (exact) mass is 495 g/mol. The zero-order valence-corrected chi connectivity index (χ0v) is 21.3. The van der Waals surface area contributed by atoms with E-state index >= 15 is 0 Å². The lowest BCUT2D eigenvalue weighted by Gasteiger charge is -1.96. The van der Waals surface area contributed by atoms with Gasteiger partial charge in [0.15, 0.2) is 0 Å². The largest absolute Gasteiger partial charge is 0.255 e. The number of pyridine rings is 6. The summed E-state index contributed by atoms with van der Waals surface area (Å²) in [4.78, 5) is 25.1. The van der Waals surface area contributed by atoms with Crippen molar-refractivity contribution in [3.05, 3.63) is 146 Å². The van der Waals surface area contributed by atoms with Crippen LogP contribution in [0.2, 0.25) is 0 Å². The van der Waals surface area contributed by atoms with E-state index in [1.165, 1.54) is 0 Å². The third-order valence-electron chi connectivity index (χ3n) is 4.78. The molecule has 0 amide bonds. The predicted molar refractivity (Wildman–Crippen MR) is 148 cm³/mol. The molecule has 7 heteroatoms. The Morgan fingerprint density at radius 2 is 0.405 bits per heavy atom. The van der Waals surface area contributed by atoms with Crippen molar-refractivity contribution >= 4 is 17.4 Å². The van der Waals surface area contributed by atoms with Crippen LogP contribution in [-0.4, -0.2) is 47.3 Å². The quantitative estimate of drug-likeness (QED) is 0.278. The highest BCUT2D eigenvalue weighted by molar-refractivity contribution is 5.75. The average molecular weight is 496 g/mol. The van der Waals surface area contributed by atoms with Gasteiger partial charge in [0.05, 0.1) is 34.2 Å². The van der Waals surface area contributed by atoms with E-state index < -0.39 is 0 Å². The standard InChI is InChI=1S/3C10H8N2.Al/c3*1-3-7-11-9(5-1)10-6-2-4-8-12-10;/h3*1-8H;. The van der Waals surface area contributed by atoms with E-state index in [-0.39, 0.29) is 17.4 Å². The Balaban J connectivity index is 0.000000152. The molecule has 0 atom stereocenters. The minimum absolute atomic E-state index is 0. The molecule has 0 bridgehead atoms. The summed E-state index contributed by atoms with van der Waals surface area (Å²) >= 11 is 0. The summed E-state index contributed by atoms with van der Waals surface area (Å²) in [5.41, 5.74) is 5.49. The molecule has 0 saturated carbocycles. The van der Waals surface area contributed by atoms with E-state index in [4.69, 9.17) is 0 Å². The fraction of sp³-hybridized carbons (Fsp3) is 0. The summed E-state index contributed by atoms with van der Waals surface area (Å²) in [6.07, 6.45) is 10.6. The van der Waals surface area contributed by atoms with Gasteiger partial charge < -0.3 is 0 Å². The fourth-order valence-corrected chi connectivity index (χ4v) is 3.09. The maximum Gasteiger partial charge on any atom is 0.0886 e. The van der Waals surface area contributed by atoms with Crippen molar-refractivity contribution in [1.29, 1.82) is 0 Å². The van der Waals surface area contributed by atoms with Gasteiger partial charge in [0.25, 0.3) is 0 Å². The second kappa shape index (κ2) is 15.4. The lowest BCUT2D eigenvalue weighted by Crippen LogP contribution is -1.83. The van der Waals surface area contributed by atoms with Gasteiger partial charge in [-0.3, -0.25) is 29.9 Å². The number of aromatic nitrogens is 6. The van der Waals surface area contributed by atoms with Gasteiger partial charge in [0.2, 0.25) is 0 Å². The highest BCUT2D eigenvalue weighted by atomic mass is 27.0. The van der Waals surface area contributed by atoms with Crippen molar-refractivity contribution in [3.8, 4) is 34.2 Å². The van der Waals surface area contributed by atoms with Gasteiger partial charge in [-0.25, -0.2) is 0 Å². The molecule has 0 N–H and O–H groups in total. The summed E-state index contributed by atoms with van der Waals surface area (Å²) < 4.78 is 0. The Morgan fingerprint density at radius 3 is 0.514 bits per heavy atom. The Hall–Kier alpha value is -4.57. The molecule has 6 rings (SSSR count). The van der Waals surface area contributed by atoms with Gasteiger partial charge in [-0.1, -0.05) is 36.4 Å². The van der Waals surface area contributed by atoms with Crippen molar-refractivity contribution in [2.75, 3.05) is 0 Å². The first-order valence-corrected chi connectivity index (χ1v) is 11.4. The van der Waals surface area contributed by atoms with Crippen molar-refractivity contribution in [1.82, 2.24) is 29.9 Å². The lowest BCUT2D eigenvalue weighted by molar-refractivity contribution is 1.25. The Bertz CT molecular complexity index is 1100. The molecule has 6 aromatic rings. The molecule has 0 spiro atoms. The molecule has 0 aliphatic rings. The highest BCUT2D eigenvalue weighted by Gasteiger charge is 1.97. The maximum atomic E-state index is 4.19. The number of hydrogen-bond acceptors (Lipinski definition) is 6. The second-order valence-electron chi connectivity index (χ2n) is 7.29. The molecule has 0 saturated heterocycles. The van der Waals surface area contributed by atoms with Crippen molar-refractivity contribution in [2.45, 2.75) is 0 Å². The van der Waals surface area contributed by atoms with E-state index in [1.807, 2.05) is 109 Å². The molecule has 37 heavy (non-hydrogen) atoms. The summed E-state index contributed by atoms with van der Waals surface area (Å²) in [6, 6.07) is 34.8. The topological polar surface area (TPSA) is 77.3 Å². The first-order chi connectivity index (χ1) is 17.9. The molecule has 0 unspecified atom stereocenters. The number of rotatable bonds is 3. The Labute approximate surface area is 227 Å². The van der Waals surface area contributed by atoms with E-state index in [0.717, 1.165) is 34.2 Å². The molecule has 0 aliphatic heterocycles. The number of hydrogen-bond donors (Lipinski definition) is 0. The van der Waals surface area contributed by atoms with E-state index in [2.05, 4.69) is 29.9 Å². The second-order valence-corrected chi connectivity index (χ2v) is 7.29. The maximum absolute atomic E-state index is 4.19. The van der Waals surface area contributed by atoms with Crippen LogP contribution in [-0.2, 0) is 0 Å². The van der Waals surface area contributed by atoms with Gasteiger partial charge in [0, 0.05) is 54.5 Å². The van der Waals surface area contributed by atoms with Gasteiger partial charge in [-0.15, -0.1) is 0 Å². The third kappa shape index (κ3) is 8.86. The minimum Gasteiger partial charge on any atom is -0.255 e. The van der Waals surface area contributed by atoms with Crippen LogP contribution in [0.3, 0.4) is 0 Å². The van der Waals surface area contributed by atoms with Crippen LogP contribution >= 0.6 is 0 Å².